The van der Waals surface area contributed by atoms with Crippen LogP contribution in [0.3, 0.4) is 0 Å². The molecule has 4 rings (SSSR count). The van der Waals surface area contributed by atoms with Gasteiger partial charge in [0.25, 0.3) is 0 Å². The lowest BCUT2D eigenvalue weighted by Gasteiger charge is -2.10. The second kappa shape index (κ2) is 5.25. The van der Waals surface area contributed by atoms with Crippen LogP contribution in [0.25, 0.3) is 21.8 Å². The van der Waals surface area contributed by atoms with Crippen molar-refractivity contribution >= 4 is 27.8 Å². The molecule has 0 saturated carbocycles. The molecule has 0 aliphatic heterocycles. The third-order valence-corrected chi connectivity index (χ3v) is 4.08. The van der Waals surface area contributed by atoms with Crippen molar-refractivity contribution in [2.45, 2.75) is 6.54 Å². The molecule has 4 heteroatoms. The van der Waals surface area contributed by atoms with Crippen LogP contribution in [-0.4, -0.2) is 20.6 Å². The molecule has 2 heterocycles. The smallest absolute Gasteiger partial charge is 0.337 e. The molecule has 0 spiro atoms. The minimum atomic E-state index is -0.911. The highest BCUT2D eigenvalue weighted by Gasteiger charge is 2.13. The number of fused-ring (bicyclic) bond motifs is 2. The molecule has 2 aromatic carbocycles. The molecule has 0 fully saturated rings. The summed E-state index contributed by atoms with van der Waals surface area (Å²) in [6.07, 6.45) is 3.71. The topological polar surface area (TPSA) is 55.1 Å². The van der Waals surface area contributed by atoms with E-state index < -0.39 is 5.97 Å². The lowest BCUT2D eigenvalue weighted by molar-refractivity contribution is 0.0698. The molecular weight excluding hydrogens is 288 g/mol. The number of aromatic nitrogens is 2. The van der Waals surface area contributed by atoms with Gasteiger partial charge in [-0.15, -0.1) is 0 Å². The standard InChI is InChI=1S/C19H14N2O2/c22-19(23)16-8-2-5-14-9-11-21(18(14)16)12-15-6-1-4-13-7-3-10-20-17(13)15/h1-11H,12H2,(H,22,23). The number of para-hydroxylation sites is 2. The van der Waals surface area contributed by atoms with Crippen LogP contribution in [0.15, 0.2) is 67.0 Å². The summed E-state index contributed by atoms with van der Waals surface area (Å²) in [5.41, 5.74) is 3.08. The van der Waals surface area contributed by atoms with Gasteiger partial charge in [0, 0.05) is 29.7 Å². The molecule has 0 radical (unpaired) electrons. The molecule has 0 unspecified atom stereocenters. The fourth-order valence-corrected chi connectivity index (χ4v) is 3.04. The zero-order valence-electron chi connectivity index (χ0n) is 12.3. The van der Waals surface area contributed by atoms with Crippen molar-refractivity contribution in [2.24, 2.45) is 0 Å². The predicted octanol–water partition coefficient (Wildman–Crippen LogP) is 3.94. The largest absolute Gasteiger partial charge is 0.478 e. The molecule has 0 amide bonds. The van der Waals surface area contributed by atoms with Gasteiger partial charge in [0.2, 0.25) is 0 Å². The van der Waals surface area contributed by atoms with E-state index in [1.165, 1.54) is 0 Å². The van der Waals surface area contributed by atoms with Crippen molar-refractivity contribution in [3.05, 3.63) is 78.1 Å². The summed E-state index contributed by atoms with van der Waals surface area (Å²) in [6.45, 7) is 0.585. The lowest BCUT2D eigenvalue weighted by Crippen LogP contribution is -2.04. The van der Waals surface area contributed by atoms with Crippen LogP contribution in [0.1, 0.15) is 15.9 Å². The first-order valence-electron chi connectivity index (χ1n) is 7.38. The molecule has 4 nitrogen and oxygen atoms in total. The summed E-state index contributed by atoms with van der Waals surface area (Å²) in [7, 11) is 0. The van der Waals surface area contributed by atoms with Gasteiger partial charge in [-0.2, -0.15) is 0 Å². The van der Waals surface area contributed by atoms with Gasteiger partial charge in [-0.3, -0.25) is 4.98 Å². The monoisotopic (exact) mass is 302 g/mol. The summed E-state index contributed by atoms with van der Waals surface area (Å²) in [5.74, 6) is -0.911. The molecule has 112 valence electrons. The van der Waals surface area contributed by atoms with E-state index in [2.05, 4.69) is 4.98 Å². The van der Waals surface area contributed by atoms with Gasteiger partial charge in [-0.05, 0) is 23.8 Å². The maximum atomic E-state index is 11.5. The quantitative estimate of drug-likeness (QED) is 0.623. The van der Waals surface area contributed by atoms with E-state index in [0.717, 1.165) is 27.4 Å². The zero-order chi connectivity index (χ0) is 15.8. The minimum Gasteiger partial charge on any atom is -0.478 e. The summed E-state index contributed by atoms with van der Waals surface area (Å²) >= 11 is 0. The maximum Gasteiger partial charge on any atom is 0.337 e. The average molecular weight is 302 g/mol. The predicted molar refractivity (Wildman–Crippen MR) is 89.7 cm³/mol. The highest BCUT2D eigenvalue weighted by atomic mass is 16.4. The number of hydrogen-bond acceptors (Lipinski definition) is 2. The first kappa shape index (κ1) is 13.5. The Morgan fingerprint density at radius 1 is 1.00 bits per heavy atom. The van der Waals surface area contributed by atoms with Crippen molar-refractivity contribution in [1.29, 1.82) is 0 Å². The van der Waals surface area contributed by atoms with Gasteiger partial charge in [-0.1, -0.05) is 36.4 Å². The number of nitrogens with zero attached hydrogens (tertiary/aromatic N) is 2. The van der Waals surface area contributed by atoms with Gasteiger partial charge in [-0.25, -0.2) is 4.79 Å². The van der Waals surface area contributed by atoms with Gasteiger partial charge in [0.15, 0.2) is 0 Å². The Kier molecular flexibility index (Phi) is 3.08. The molecule has 1 N–H and O–H groups in total. The molecule has 0 aliphatic carbocycles. The summed E-state index contributed by atoms with van der Waals surface area (Å²) in [4.78, 5) is 16.0. The Labute approximate surface area is 132 Å². The number of carboxylic acid groups (broad SMARTS) is 1. The zero-order valence-corrected chi connectivity index (χ0v) is 12.3. The van der Waals surface area contributed by atoms with Crippen molar-refractivity contribution < 1.29 is 9.90 Å². The van der Waals surface area contributed by atoms with E-state index in [9.17, 15) is 9.90 Å². The third kappa shape index (κ3) is 2.25. The minimum absolute atomic E-state index is 0.320. The molecule has 2 aromatic heterocycles. The normalized spacial score (nSPS) is 11.1. The van der Waals surface area contributed by atoms with Crippen LogP contribution < -0.4 is 0 Å². The van der Waals surface area contributed by atoms with Gasteiger partial charge in [0.1, 0.15) is 0 Å². The summed E-state index contributed by atoms with van der Waals surface area (Å²) in [6, 6.07) is 17.3. The first-order chi connectivity index (χ1) is 11.2. The van der Waals surface area contributed by atoms with E-state index in [0.29, 0.717) is 12.1 Å². The fraction of sp³-hybridized carbons (Fsp3) is 0.0526. The van der Waals surface area contributed by atoms with Crippen LogP contribution in [0.2, 0.25) is 0 Å². The van der Waals surface area contributed by atoms with E-state index in [4.69, 9.17) is 0 Å². The SMILES string of the molecule is O=C(O)c1cccc2ccn(Cc3cccc4cccnc34)c12. The molecule has 4 aromatic rings. The summed E-state index contributed by atoms with van der Waals surface area (Å²) in [5, 5.41) is 11.4. The Hall–Kier alpha value is -3.14. The van der Waals surface area contributed by atoms with Crippen LogP contribution in [0.4, 0.5) is 0 Å². The number of aromatic carboxylic acids is 1. The Morgan fingerprint density at radius 3 is 2.65 bits per heavy atom. The van der Waals surface area contributed by atoms with Crippen LogP contribution in [0.5, 0.6) is 0 Å². The van der Waals surface area contributed by atoms with Crippen molar-refractivity contribution in [2.75, 3.05) is 0 Å². The van der Waals surface area contributed by atoms with E-state index in [-0.39, 0.29) is 0 Å². The number of hydrogen-bond donors (Lipinski definition) is 1. The van der Waals surface area contributed by atoms with Crippen LogP contribution in [0, 0.1) is 0 Å². The van der Waals surface area contributed by atoms with Gasteiger partial charge >= 0.3 is 5.97 Å². The van der Waals surface area contributed by atoms with E-state index >= 15 is 0 Å². The van der Waals surface area contributed by atoms with Crippen molar-refractivity contribution in [3.63, 3.8) is 0 Å². The average Bonchev–Trinajstić information content (AvgIpc) is 2.98. The molecule has 0 saturated heterocycles. The Morgan fingerprint density at radius 2 is 1.78 bits per heavy atom. The Bertz CT molecular complexity index is 1030. The lowest BCUT2D eigenvalue weighted by atomic mass is 10.1. The number of pyridine rings is 1. The second-order valence-corrected chi connectivity index (χ2v) is 5.48. The number of carboxylic acids is 1. The highest BCUT2D eigenvalue weighted by Crippen LogP contribution is 2.23. The molecule has 0 aliphatic rings. The number of benzene rings is 2. The second-order valence-electron chi connectivity index (χ2n) is 5.48. The molecule has 23 heavy (non-hydrogen) atoms. The molecular formula is C19H14N2O2. The number of rotatable bonds is 3. The Balaban J connectivity index is 1.89. The summed E-state index contributed by atoms with van der Waals surface area (Å²) < 4.78 is 1.97. The molecule has 0 bridgehead atoms. The first-order valence-corrected chi connectivity index (χ1v) is 7.38. The van der Waals surface area contributed by atoms with E-state index in [1.54, 1.807) is 18.3 Å². The van der Waals surface area contributed by atoms with Gasteiger partial charge < -0.3 is 9.67 Å². The highest BCUT2D eigenvalue weighted by molar-refractivity contribution is 6.02. The van der Waals surface area contributed by atoms with E-state index in [1.807, 2.05) is 53.2 Å². The van der Waals surface area contributed by atoms with Crippen molar-refractivity contribution in [3.8, 4) is 0 Å². The third-order valence-electron chi connectivity index (χ3n) is 4.08. The van der Waals surface area contributed by atoms with Gasteiger partial charge in [0.05, 0.1) is 16.6 Å². The molecule has 0 atom stereocenters. The fourth-order valence-electron chi connectivity index (χ4n) is 3.04. The van der Waals surface area contributed by atoms with Crippen LogP contribution in [-0.2, 0) is 6.54 Å². The number of carbonyl (C=O) groups is 1. The maximum absolute atomic E-state index is 11.5. The van der Waals surface area contributed by atoms with Crippen LogP contribution >= 0.6 is 0 Å². The van der Waals surface area contributed by atoms with Crippen molar-refractivity contribution in [1.82, 2.24) is 9.55 Å².